The normalized spacial score (nSPS) is 17.6. The molecule has 31 heavy (non-hydrogen) atoms. The largest absolute Gasteiger partial charge is 0.497 e. The molecule has 0 saturated carbocycles. The summed E-state index contributed by atoms with van der Waals surface area (Å²) < 4.78 is 5.20. The first kappa shape index (κ1) is 21.1. The molecular weight excluding hydrogens is 394 g/mol. The lowest BCUT2D eigenvalue weighted by Gasteiger charge is -2.36. The predicted molar refractivity (Wildman–Crippen MR) is 119 cm³/mol. The quantitative estimate of drug-likeness (QED) is 0.719. The Balaban J connectivity index is 1.71. The number of rotatable bonds is 6. The molecular formula is C24H27N3O4. The van der Waals surface area contributed by atoms with Crippen molar-refractivity contribution in [2.75, 3.05) is 51.3 Å². The standard InChI is InChI=1S/C24H27N3O4/c1-17-3-5-18(6-4-17)21-22(26-13-11-25(12-14-26)15-16-28)24(30)27(23(21)29)19-7-9-20(31-2)10-8-19/h3-10,28H,11-16H2,1-2H3. The van der Waals surface area contributed by atoms with E-state index in [4.69, 9.17) is 4.74 Å². The Kier molecular flexibility index (Phi) is 6.06. The summed E-state index contributed by atoms with van der Waals surface area (Å²) in [6.07, 6.45) is 0. The first-order valence-corrected chi connectivity index (χ1v) is 10.5. The lowest BCUT2D eigenvalue weighted by atomic mass is 10.0. The maximum atomic E-state index is 13.5. The summed E-state index contributed by atoms with van der Waals surface area (Å²) in [4.78, 5) is 32.5. The van der Waals surface area contributed by atoms with Crippen LogP contribution in [0.1, 0.15) is 11.1 Å². The van der Waals surface area contributed by atoms with Crippen molar-refractivity contribution in [2.45, 2.75) is 6.92 Å². The Labute approximate surface area is 182 Å². The molecule has 0 atom stereocenters. The number of aliphatic hydroxyl groups is 1. The minimum absolute atomic E-state index is 0.111. The van der Waals surface area contributed by atoms with Crippen LogP contribution in [0.15, 0.2) is 54.2 Å². The number of ether oxygens (including phenoxy) is 1. The third kappa shape index (κ3) is 4.06. The summed E-state index contributed by atoms with van der Waals surface area (Å²) in [6, 6.07) is 14.6. The number of carbonyl (C=O) groups is 2. The minimum atomic E-state index is -0.313. The molecule has 0 radical (unpaired) electrons. The maximum absolute atomic E-state index is 13.5. The van der Waals surface area contributed by atoms with Crippen LogP contribution in [0.25, 0.3) is 5.57 Å². The highest BCUT2D eigenvalue weighted by atomic mass is 16.5. The number of amides is 2. The second kappa shape index (κ2) is 8.91. The highest BCUT2D eigenvalue weighted by Gasteiger charge is 2.43. The van der Waals surface area contributed by atoms with E-state index in [2.05, 4.69) is 4.90 Å². The van der Waals surface area contributed by atoms with Gasteiger partial charge in [0.25, 0.3) is 11.8 Å². The number of nitrogens with zero attached hydrogens (tertiary/aromatic N) is 3. The molecule has 1 N–H and O–H groups in total. The van der Waals surface area contributed by atoms with E-state index in [0.29, 0.717) is 42.3 Å². The summed E-state index contributed by atoms with van der Waals surface area (Å²) >= 11 is 0. The molecule has 0 spiro atoms. The number of β-amino-alcohol motifs (C(OH)–C–C–N with tert-alkyl or cyclic N) is 1. The number of hydrogen-bond donors (Lipinski definition) is 1. The number of benzene rings is 2. The van der Waals surface area contributed by atoms with Gasteiger partial charge in [-0.3, -0.25) is 14.5 Å². The topological polar surface area (TPSA) is 73.3 Å². The van der Waals surface area contributed by atoms with Crippen LogP contribution in [0.5, 0.6) is 5.75 Å². The molecule has 1 fully saturated rings. The van der Waals surface area contributed by atoms with E-state index in [1.54, 1.807) is 31.4 Å². The molecule has 7 nitrogen and oxygen atoms in total. The van der Waals surface area contributed by atoms with Crippen molar-refractivity contribution in [3.63, 3.8) is 0 Å². The van der Waals surface area contributed by atoms with Crippen LogP contribution in [-0.4, -0.2) is 73.2 Å². The van der Waals surface area contributed by atoms with Gasteiger partial charge in [-0.2, -0.15) is 0 Å². The number of aryl methyl sites for hydroxylation is 1. The zero-order valence-corrected chi connectivity index (χ0v) is 17.9. The maximum Gasteiger partial charge on any atom is 0.282 e. The Morgan fingerprint density at radius 3 is 2.13 bits per heavy atom. The minimum Gasteiger partial charge on any atom is -0.497 e. The molecule has 2 amide bonds. The lowest BCUT2D eigenvalue weighted by Crippen LogP contribution is -2.48. The molecule has 2 aliphatic heterocycles. The molecule has 2 aromatic rings. The van der Waals surface area contributed by atoms with Crippen molar-refractivity contribution < 1.29 is 19.4 Å². The fraction of sp³-hybridized carbons (Fsp3) is 0.333. The van der Waals surface area contributed by atoms with E-state index in [1.165, 1.54) is 4.90 Å². The second-order valence-electron chi connectivity index (χ2n) is 7.79. The fourth-order valence-corrected chi connectivity index (χ4v) is 4.09. The van der Waals surface area contributed by atoms with Crippen molar-refractivity contribution in [1.82, 2.24) is 9.80 Å². The highest BCUT2D eigenvalue weighted by Crippen LogP contribution is 2.35. The SMILES string of the molecule is COc1ccc(N2C(=O)C(c3ccc(C)cc3)=C(N3CCN(CCO)CC3)C2=O)cc1. The molecule has 0 aliphatic carbocycles. The van der Waals surface area contributed by atoms with Gasteiger partial charge in [0.15, 0.2) is 0 Å². The number of aliphatic hydroxyl groups excluding tert-OH is 1. The number of hydrogen-bond acceptors (Lipinski definition) is 6. The summed E-state index contributed by atoms with van der Waals surface area (Å²) in [5.74, 6) is 0.0444. The van der Waals surface area contributed by atoms with Gasteiger partial charge >= 0.3 is 0 Å². The van der Waals surface area contributed by atoms with Gasteiger partial charge in [0.1, 0.15) is 11.4 Å². The molecule has 7 heteroatoms. The average Bonchev–Trinajstić information content (AvgIpc) is 3.05. The van der Waals surface area contributed by atoms with Crippen molar-refractivity contribution in [1.29, 1.82) is 0 Å². The Morgan fingerprint density at radius 1 is 0.903 bits per heavy atom. The Morgan fingerprint density at radius 2 is 1.55 bits per heavy atom. The summed E-state index contributed by atoms with van der Waals surface area (Å²) in [5, 5.41) is 9.21. The first-order valence-electron chi connectivity index (χ1n) is 10.5. The van der Waals surface area contributed by atoms with E-state index in [0.717, 1.165) is 24.2 Å². The van der Waals surface area contributed by atoms with Gasteiger partial charge in [0, 0.05) is 32.7 Å². The zero-order chi connectivity index (χ0) is 22.0. The number of carbonyl (C=O) groups excluding carboxylic acids is 2. The van der Waals surface area contributed by atoms with Gasteiger partial charge in [-0.15, -0.1) is 0 Å². The van der Waals surface area contributed by atoms with Gasteiger partial charge in [-0.25, -0.2) is 4.90 Å². The highest BCUT2D eigenvalue weighted by molar-refractivity contribution is 6.45. The molecule has 2 aliphatic rings. The van der Waals surface area contributed by atoms with Gasteiger partial charge < -0.3 is 14.7 Å². The van der Waals surface area contributed by atoms with Gasteiger partial charge in [-0.1, -0.05) is 29.8 Å². The van der Waals surface area contributed by atoms with E-state index >= 15 is 0 Å². The van der Waals surface area contributed by atoms with E-state index in [-0.39, 0.29) is 18.4 Å². The van der Waals surface area contributed by atoms with E-state index < -0.39 is 0 Å². The lowest BCUT2D eigenvalue weighted by molar-refractivity contribution is -0.120. The molecule has 0 bridgehead atoms. The second-order valence-corrected chi connectivity index (χ2v) is 7.79. The summed E-state index contributed by atoms with van der Waals surface area (Å²) in [7, 11) is 1.58. The molecule has 162 valence electrons. The number of piperazine rings is 1. The molecule has 2 heterocycles. The van der Waals surface area contributed by atoms with Crippen molar-refractivity contribution >= 4 is 23.1 Å². The van der Waals surface area contributed by atoms with Crippen LogP contribution >= 0.6 is 0 Å². The van der Waals surface area contributed by atoms with Crippen LogP contribution in [0.3, 0.4) is 0 Å². The van der Waals surface area contributed by atoms with E-state index in [9.17, 15) is 14.7 Å². The number of methoxy groups -OCH3 is 1. The molecule has 0 aromatic heterocycles. The van der Waals surface area contributed by atoms with Crippen molar-refractivity contribution in [2.24, 2.45) is 0 Å². The first-order chi connectivity index (χ1) is 15.0. The average molecular weight is 421 g/mol. The van der Waals surface area contributed by atoms with Gasteiger partial charge in [-0.05, 0) is 36.8 Å². The van der Waals surface area contributed by atoms with E-state index in [1.807, 2.05) is 36.1 Å². The van der Waals surface area contributed by atoms with Crippen LogP contribution in [0, 0.1) is 6.92 Å². The summed E-state index contributed by atoms with van der Waals surface area (Å²) in [6.45, 7) is 5.43. The van der Waals surface area contributed by atoms with Crippen LogP contribution in [0.2, 0.25) is 0 Å². The fourth-order valence-electron chi connectivity index (χ4n) is 4.09. The zero-order valence-electron chi connectivity index (χ0n) is 17.9. The Bertz CT molecular complexity index is 990. The van der Waals surface area contributed by atoms with Crippen molar-refractivity contribution in [3.8, 4) is 5.75 Å². The number of anilines is 1. The van der Waals surface area contributed by atoms with Crippen molar-refractivity contribution in [3.05, 3.63) is 65.4 Å². The van der Waals surface area contributed by atoms with Gasteiger partial charge in [0.2, 0.25) is 0 Å². The molecule has 0 unspecified atom stereocenters. The van der Waals surface area contributed by atoms with Gasteiger partial charge in [0.05, 0.1) is 25.0 Å². The third-order valence-corrected chi connectivity index (χ3v) is 5.84. The van der Waals surface area contributed by atoms with Crippen LogP contribution < -0.4 is 9.64 Å². The summed E-state index contributed by atoms with van der Waals surface area (Å²) in [5.41, 5.74) is 3.25. The number of imide groups is 1. The monoisotopic (exact) mass is 421 g/mol. The Hall–Kier alpha value is -3.16. The van der Waals surface area contributed by atoms with Crippen LogP contribution in [0.4, 0.5) is 5.69 Å². The van der Waals surface area contributed by atoms with Crippen LogP contribution in [-0.2, 0) is 9.59 Å². The molecule has 4 rings (SSSR count). The predicted octanol–water partition coefficient (Wildman–Crippen LogP) is 1.90. The third-order valence-electron chi connectivity index (χ3n) is 5.84. The molecule has 1 saturated heterocycles. The molecule has 2 aromatic carbocycles. The smallest absolute Gasteiger partial charge is 0.282 e.